The highest BCUT2D eigenvalue weighted by atomic mass is 79.9. The van der Waals surface area contributed by atoms with E-state index in [1.807, 2.05) is 63.2 Å². The zero-order valence-electron chi connectivity index (χ0n) is 17.4. The molecule has 5 heteroatoms. The maximum absolute atomic E-state index is 13.1. The molecule has 0 unspecified atom stereocenters. The van der Waals surface area contributed by atoms with E-state index in [2.05, 4.69) is 33.1 Å². The van der Waals surface area contributed by atoms with Crippen LogP contribution in [0.1, 0.15) is 23.7 Å². The molecule has 3 nitrogen and oxygen atoms in total. The van der Waals surface area contributed by atoms with Crippen LogP contribution in [0.15, 0.2) is 71.2 Å². The third-order valence-corrected chi connectivity index (χ3v) is 5.41. The number of rotatable bonds is 7. The van der Waals surface area contributed by atoms with E-state index in [1.54, 1.807) is 6.08 Å². The Morgan fingerprint density at radius 2 is 1.93 bits per heavy atom. The van der Waals surface area contributed by atoms with E-state index in [-0.39, 0.29) is 12.4 Å². The molecule has 0 atom stereocenters. The first-order valence-corrected chi connectivity index (χ1v) is 10.4. The lowest BCUT2D eigenvalue weighted by Crippen LogP contribution is -2.05. The van der Waals surface area contributed by atoms with Gasteiger partial charge in [-0.05, 0) is 68.8 Å². The van der Waals surface area contributed by atoms with Gasteiger partial charge in [-0.2, -0.15) is 0 Å². The summed E-state index contributed by atoms with van der Waals surface area (Å²) in [4.78, 5) is 0. The highest BCUT2D eigenvalue weighted by Crippen LogP contribution is 2.35. The van der Waals surface area contributed by atoms with Gasteiger partial charge < -0.3 is 14.4 Å². The summed E-state index contributed by atoms with van der Waals surface area (Å²) in [7, 11) is 0. The number of aliphatic hydroxyl groups excluding tert-OH is 1. The Morgan fingerprint density at radius 3 is 2.60 bits per heavy atom. The van der Waals surface area contributed by atoms with Crippen LogP contribution in [0.5, 0.6) is 5.75 Å². The maximum Gasteiger partial charge on any atom is 0.129 e. The first kappa shape index (κ1) is 21.9. The quantitative estimate of drug-likeness (QED) is 0.290. The number of halogens is 2. The molecular weight excluding hydrogens is 445 g/mol. The molecule has 1 aromatic heterocycles. The first-order chi connectivity index (χ1) is 14.3. The molecule has 0 bridgehead atoms. The van der Waals surface area contributed by atoms with Crippen molar-refractivity contribution in [2.24, 2.45) is 0 Å². The van der Waals surface area contributed by atoms with Gasteiger partial charge >= 0.3 is 0 Å². The zero-order chi connectivity index (χ0) is 21.8. The monoisotopic (exact) mass is 469 g/mol. The Labute approximate surface area is 185 Å². The first-order valence-electron chi connectivity index (χ1n) is 9.65. The molecule has 0 radical (unpaired) electrons. The van der Waals surface area contributed by atoms with Crippen molar-refractivity contribution in [1.82, 2.24) is 4.57 Å². The van der Waals surface area contributed by atoms with E-state index in [0.717, 1.165) is 32.7 Å². The minimum atomic E-state index is -0.529. The summed E-state index contributed by atoms with van der Waals surface area (Å²) in [5, 5.41) is 9.89. The van der Waals surface area contributed by atoms with E-state index in [0.29, 0.717) is 16.9 Å². The number of aliphatic hydroxyl groups is 1. The van der Waals surface area contributed by atoms with E-state index >= 15 is 0 Å². The number of ether oxygens (including phenoxy) is 1. The summed E-state index contributed by atoms with van der Waals surface area (Å²) in [6.07, 6.45) is 1.74. The minimum absolute atomic E-state index is 0.00796. The van der Waals surface area contributed by atoms with E-state index in [4.69, 9.17) is 4.74 Å². The molecule has 2 aromatic carbocycles. The fourth-order valence-electron chi connectivity index (χ4n) is 3.30. The van der Waals surface area contributed by atoms with Gasteiger partial charge in [-0.3, -0.25) is 0 Å². The normalized spacial score (nSPS) is 11.6. The van der Waals surface area contributed by atoms with E-state index in [9.17, 15) is 9.50 Å². The number of aromatic nitrogens is 1. The minimum Gasteiger partial charge on any atom is -0.508 e. The molecule has 0 fully saturated rings. The summed E-state index contributed by atoms with van der Waals surface area (Å²) < 4.78 is 22.0. The Bertz CT molecular complexity index is 1110. The molecule has 0 aliphatic heterocycles. The zero-order valence-corrected chi connectivity index (χ0v) is 19.0. The fraction of sp³-hybridized carbons (Fsp3) is 0.200. The van der Waals surface area contributed by atoms with Crippen LogP contribution in [0.3, 0.4) is 0 Å². The number of hydrogen-bond donors (Lipinski definition) is 1. The number of allylic oxidation sites excluding steroid dienone is 1. The molecule has 3 aromatic rings. The molecule has 3 rings (SSSR count). The second-order valence-corrected chi connectivity index (χ2v) is 8.12. The van der Waals surface area contributed by atoms with Gasteiger partial charge in [0, 0.05) is 27.0 Å². The second-order valence-electron chi connectivity index (χ2n) is 7.21. The summed E-state index contributed by atoms with van der Waals surface area (Å²) in [6.45, 7) is 9.18. The van der Waals surface area contributed by atoms with Crippen LogP contribution in [0, 0.1) is 13.8 Å². The third-order valence-electron chi connectivity index (χ3n) is 4.95. The molecular formula is C25H25BrFNO2. The highest BCUT2D eigenvalue weighted by Gasteiger charge is 2.16. The summed E-state index contributed by atoms with van der Waals surface area (Å²) in [5.74, 6) is 0.697. The van der Waals surface area contributed by atoms with Crippen molar-refractivity contribution < 1.29 is 14.2 Å². The maximum atomic E-state index is 13.1. The third kappa shape index (κ3) is 4.68. The summed E-state index contributed by atoms with van der Waals surface area (Å²) >= 11 is 3.52. The van der Waals surface area contributed by atoms with Crippen LogP contribution in [0.25, 0.3) is 22.7 Å². The van der Waals surface area contributed by atoms with Gasteiger partial charge in [0.1, 0.15) is 24.8 Å². The molecule has 1 heterocycles. The predicted octanol–water partition coefficient (Wildman–Crippen LogP) is 7.35. The van der Waals surface area contributed by atoms with E-state index in [1.165, 1.54) is 0 Å². The summed E-state index contributed by atoms with van der Waals surface area (Å²) in [5.41, 5.74) is 6.12. The smallest absolute Gasteiger partial charge is 0.129 e. The van der Waals surface area contributed by atoms with E-state index < -0.39 is 6.67 Å². The van der Waals surface area contributed by atoms with Crippen molar-refractivity contribution in [2.45, 2.75) is 20.8 Å². The highest BCUT2D eigenvalue weighted by molar-refractivity contribution is 9.10. The lowest BCUT2D eigenvalue weighted by molar-refractivity contribution is 0.338. The van der Waals surface area contributed by atoms with Crippen LogP contribution >= 0.6 is 15.9 Å². The van der Waals surface area contributed by atoms with Crippen molar-refractivity contribution in [3.63, 3.8) is 0 Å². The number of alkyl halides is 1. The molecule has 0 spiro atoms. The van der Waals surface area contributed by atoms with Gasteiger partial charge in [-0.15, -0.1) is 0 Å². The average Bonchev–Trinajstić information content (AvgIpc) is 3.10. The topological polar surface area (TPSA) is 34.4 Å². The number of benzene rings is 2. The fourth-order valence-corrected chi connectivity index (χ4v) is 3.78. The number of hydrogen-bond acceptors (Lipinski definition) is 2. The molecule has 0 amide bonds. The van der Waals surface area contributed by atoms with Crippen LogP contribution in [0.2, 0.25) is 0 Å². The van der Waals surface area contributed by atoms with Crippen LogP contribution < -0.4 is 4.74 Å². The van der Waals surface area contributed by atoms with Crippen molar-refractivity contribution >= 4 is 21.7 Å². The van der Waals surface area contributed by atoms with Crippen molar-refractivity contribution in [3.05, 3.63) is 88.1 Å². The Balaban J connectivity index is 2.13. The Morgan fingerprint density at radius 1 is 1.17 bits per heavy atom. The van der Waals surface area contributed by atoms with Crippen molar-refractivity contribution in [1.29, 1.82) is 0 Å². The molecule has 0 saturated carbocycles. The Hall–Kier alpha value is -2.79. The lowest BCUT2D eigenvalue weighted by Gasteiger charge is -2.17. The lowest BCUT2D eigenvalue weighted by atomic mass is 10.1. The molecule has 156 valence electrons. The largest absolute Gasteiger partial charge is 0.508 e. The van der Waals surface area contributed by atoms with Crippen molar-refractivity contribution in [3.8, 4) is 22.7 Å². The van der Waals surface area contributed by atoms with Gasteiger partial charge in [-0.1, -0.05) is 40.2 Å². The SMILES string of the molecule is C=C(O)c1cc(Br)cc(-n2c(C)ccc2-c2cc(C)ccc2OC/C(=C/C)CF)c1. The van der Waals surface area contributed by atoms with Gasteiger partial charge in [0.05, 0.1) is 5.69 Å². The van der Waals surface area contributed by atoms with Crippen LogP contribution in [-0.2, 0) is 0 Å². The molecule has 0 aliphatic rings. The van der Waals surface area contributed by atoms with Crippen molar-refractivity contribution in [2.75, 3.05) is 13.3 Å². The summed E-state index contributed by atoms with van der Waals surface area (Å²) in [6, 6.07) is 15.7. The van der Waals surface area contributed by atoms with Gasteiger partial charge in [0.2, 0.25) is 0 Å². The second kappa shape index (κ2) is 9.35. The van der Waals surface area contributed by atoms with Crippen LogP contribution in [-0.4, -0.2) is 23.0 Å². The number of aryl methyl sites for hydroxylation is 2. The van der Waals surface area contributed by atoms with Gasteiger partial charge in [0.15, 0.2) is 0 Å². The number of nitrogens with zero attached hydrogens (tertiary/aromatic N) is 1. The standard InChI is InChI=1S/C25H25BrFNO2/c1-5-19(14-27)15-30-25-9-6-16(2)10-23(25)24-8-7-17(3)28(24)22-12-20(18(4)29)11-21(26)13-22/h5-13,29H,4,14-15H2,1-3H3/b19-5+. The van der Waals surface area contributed by atoms with Crippen LogP contribution in [0.4, 0.5) is 4.39 Å². The molecule has 0 aliphatic carbocycles. The average molecular weight is 470 g/mol. The molecule has 30 heavy (non-hydrogen) atoms. The van der Waals surface area contributed by atoms with Gasteiger partial charge in [0.25, 0.3) is 0 Å². The molecule has 0 saturated heterocycles. The van der Waals surface area contributed by atoms with Gasteiger partial charge in [-0.25, -0.2) is 4.39 Å². The molecule has 1 N–H and O–H groups in total. The predicted molar refractivity (Wildman–Crippen MR) is 125 cm³/mol. The Kier molecular flexibility index (Phi) is 6.83.